The number of likely N-dealkylation sites (N-methyl/N-ethyl adjacent to an activating group) is 2. The summed E-state index contributed by atoms with van der Waals surface area (Å²) >= 11 is 1.82. The summed E-state index contributed by atoms with van der Waals surface area (Å²) in [6.45, 7) is 2.37. The Hall–Kier alpha value is -0.650. The summed E-state index contributed by atoms with van der Waals surface area (Å²) < 4.78 is 0. The average Bonchev–Trinajstić information content (AvgIpc) is 2.83. The van der Waals surface area contributed by atoms with Gasteiger partial charge in [0.2, 0.25) is 0 Å². The minimum atomic E-state index is 0.220. The van der Waals surface area contributed by atoms with Crippen molar-refractivity contribution < 1.29 is 0 Å². The minimum Gasteiger partial charge on any atom is -0.347 e. The van der Waals surface area contributed by atoms with Gasteiger partial charge in [-0.3, -0.25) is 0 Å². The smallest absolute Gasteiger partial charge is 0.185 e. The second kappa shape index (κ2) is 5.38. The Morgan fingerprint density at radius 3 is 2.95 bits per heavy atom. The van der Waals surface area contributed by atoms with Gasteiger partial charge in [0.1, 0.15) is 0 Å². The van der Waals surface area contributed by atoms with E-state index in [1.165, 1.54) is 41.5 Å². The van der Waals surface area contributed by atoms with Crippen LogP contribution in [-0.2, 0) is 6.42 Å². The molecule has 0 amide bonds. The van der Waals surface area contributed by atoms with E-state index < -0.39 is 0 Å². The van der Waals surface area contributed by atoms with Gasteiger partial charge in [-0.25, -0.2) is 4.98 Å². The number of piperidine rings is 1. The lowest BCUT2D eigenvalue weighted by Crippen LogP contribution is -2.45. The van der Waals surface area contributed by atoms with Gasteiger partial charge in [-0.15, -0.1) is 0 Å². The van der Waals surface area contributed by atoms with Crippen molar-refractivity contribution in [1.82, 2.24) is 9.88 Å². The van der Waals surface area contributed by atoms with Crippen LogP contribution < -0.4 is 10.6 Å². The largest absolute Gasteiger partial charge is 0.347 e. The molecule has 0 radical (unpaired) electrons. The van der Waals surface area contributed by atoms with Gasteiger partial charge in [0.25, 0.3) is 0 Å². The van der Waals surface area contributed by atoms with Crippen molar-refractivity contribution in [2.45, 2.75) is 44.2 Å². The quantitative estimate of drug-likeness (QED) is 0.900. The van der Waals surface area contributed by atoms with Crippen LogP contribution in [0.4, 0.5) is 5.13 Å². The second-order valence-corrected chi connectivity index (χ2v) is 6.98. The molecule has 3 rings (SSSR count). The summed E-state index contributed by atoms with van der Waals surface area (Å²) in [6.07, 6.45) is 5.98. The number of thiazole rings is 1. The molecule has 2 atom stereocenters. The van der Waals surface area contributed by atoms with E-state index >= 15 is 0 Å². The van der Waals surface area contributed by atoms with Crippen LogP contribution in [0.2, 0.25) is 0 Å². The van der Waals surface area contributed by atoms with E-state index in [1.54, 1.807) is 0 Å². The van der Waals surface area contributed by atoms with Crippen molar-refractivity contribution in [2.75, 3.05) is 32.1 Å². The Morgan fingerprint density at radius 2 is 2.21 bits per heavy atom. The van der Waals surface area contributed by atoms with Crippen molar-refractivity contribution in [2.24, 2.45) is 5.73 Å². The van der Waals surface area contributed by atoms with Gasteiger partial charge in [-0.1, -0.05) is 11.3 Å². The first-order valence-electron chi connectivity index (χ1n) is 7.31. The topological polar surface area (TPSA) is 45.4 Å². The van der Waals surface area contributed by atoms with Gasteiger partial charge in [0, 0.05) is 30.6 Å². The Bertz CT molecular complexity index is 445. The Morgan fingerprint density at radius 1 is 1.37 bits per heavy atom. The molecule has 2 heterocycles. The summed E-state index contributed by atoms with van der Waals surface area (Å²) in [5, 5.41) is 1.17. The van der Waals surface area contributed by atoms with Crippen molar-refractivity contribution in [3.63, 3.8) is 0 Å². The van der Waals surface area contributed by atoms with Crippen LogP contribution in [-0.4, -0.2) is 43.1 Å². The number of nitrogens with two attached hydrogens (primary N) is 1. The summed E-state index contributed by atoms with van der Waals surface area (Å²) in [7, 11) is 4.41. The molecule has 5 heteroatoms. The normalized spacial score (nSPS) is 28.2. The standard InChI is InChI=1S/C14H24N4S/c1-17-8-4-5-10(9-17)18(2)14-16-12-7-3-6-11(15)13(12)19-14/h10-11H,3-9,15H2,1-2H3. The van der Waals surface area contributed by atoms with Crippen molar-refractivity contribution >= 4 is 16.5 Å². The summed E-state index contributed by atoms with van der Waals surface area (Å²) in [5.41, 5.74) is 7.46. The number of likely N-dealkylation sites (tertiary alicyclic amines) is 1. The van der Waals surface area contributed by atoms with Crippen molar-refractivity contribution in [1.29, 1.82) is 0 Å². The number of aryl methyl sites for hydroxylation is 1. The first-order chi connectivity index (χ1) is 9.15. The van der Waals surface area contributed by atoms with Crippen molar-refractivity contribution in [3.8, 4) is 0 Å². The molecule has 1 aromatic rings. The number of aromatic nitrogens is 1. The lowest BCUT2D eigenvalue weighted by atomic mass is 9.99. The van der Waals surface area contributed by atoms with E-state index in [2.05, 4.69) is 23.9 Å². The molecule has 1 aliphatic carbocycles. The fourth-order valence-electron chi connectivity index (χ4n) is 3.20. The van der Waals surface area contributed by atoms with E-state index in [-0.39, 0.29) is 6.04 Å². The average molecular weight is 280 g/mol. The van der Waals surface area contributed by atoms with E-state index in [0.717, 1.165) is 19.4 Å². The lowest BCUT2D eigenvalue weighted by Gasteiger charge is -2.35. The molecule has 1 saturated heterocycles. The Labute approximate surface area is 119 Å². The highest BCUT2D eigenvalue weighted by molar-refractivity contribution is 7.15. The number of hydrogen-bond acceptors (Lipinski definition) is 5. The molecule has 0 spiro atoms. The molecular weight excluding hydrogens is 256 g/mol. The zero-order chi connectivity index (χ0) is 13.4. The predicted molar refractivity (Wildman–Crippen MR) is 80.9 cm³/mol. The van der Waals surface area contributed by atoms with E-state index in [9.17, 15) is 0 Å². The molecule has 4 nitrogen and oxygen atoms in total. The van der Waals surface area contributed by atoms with Gasteiger partial charge in [-0.05, 0) is 45.7 Å². The zero-order valence-corrected chi connectivity index (χ0v) is 12.7. The molecule has 2 N–H and O–H groups in total. The molecule has 0 saturated carbocycles. The van der Waals surface area contributed by atoms with Crippen LogP contribution in [0.5, 0.6) is 0 Å². The zero-order valence-electron chi connectivity index (χ0n) is 11.9. The van der Waals surface area contributed by atoms with Crippen LogP contribution in [0.3, 0.4) is 0 Å². The van der Waals surface area contributed by atoms with Gasteiger partial charge >= 0.3 is 0 Å². The molecular formula is C14H24N4S. The van der Waals surface area contributed by atoms with E-state index in [1.807, 2.05) is 11.3 Å². The minimum absolute atomic E-state index is 0.220. The molecule has 19 heavy (non-hydrogen) atoms. The van der Waals surface area contributed by atoms with Crippen LogP contribution in [0.15, 0.2) is 0 Å². The third kappa shape index (κ3) is 2.64. The molecule has 1 aromatic heterocycles. The van der Waals surface area contributed by atoms with Gasteiger partial charge in [-0.2, -0.15) is 0 Å². The molecule has 2 aliphatic rings. The molecule has 0 aromatic carbocycles. The lowest BCUT2D eigenvalue weighted by molar-refractivity contribution is 0.248. The van der Waals surface area contributed by atoms with E-state index in [4.69, 9.17) is 10.7 Å². The molecule has 1 fully saturated rings. The molecule has 1 aliphatic heterocycles. The van der Waals surface area contributed by atoms with Gasteiger partial charge < -0.3 is 15.5 Å². The van der Waals surface area contributed by atoms with E-state index in [0.29, 0.717) is 6.04 Å². The fraction of sp³-hybridized carbons (Fsp3) is 0.786. The Kier molecular flexibility index (Phi) is 3.78. The first kappa shape index (κ1) is 13.3. The molecule has 106 valence electrons. The number of hydrogen-bond donors (Lipinski definition) is 1. The third-order valence-electron chi connectivity index (χ3n) is 4.43. The Balaban J connectivity index is 1.78. The summed E-state index contributed by atoms with van der Waals surface area (Å²) in [4.78, 5) is 11.0. The maximum absolute atomic E-state index is 6.20. The summed E-state index contributed by atoms with van der Waals surface area (Å²) in [6, 6.07) is 0.819. The first-order valence-corrected chi connectivity index (χ1v) is 8.13. The second-order valence-electron chi connectivity index (χ2n) is 5.98. The maximum atomic E-state index is 6.20. The van der Waals surface area contributed by atoms with Gasteiger partial charge in [0.15, 0.2) is 5.13 Å². The highest BCUT2D eigenvalue weighted by atomic mass is 32.1. The van der Waals surface area contributed by atoms with Crippen LogP contribution in [0.25, 0.3) is 0 Å². The highest BCUT2D eigenvalue weighted by Gasteiger charge is 2.27. The molecule has 2 unspecified atom stereocenters. The SMILES string of the molecule is CN1CCCC(N(C)c2nc3c(s2)C(N)CCC3)C1. The number of rotatable bonds is 2. The van der Waals surface area contributed by atoms with Crippen LogP contribution >= 0.6 is 11.3 Å². The highest BCUT2D eigenvalue weighted by Crippen LogP contribution is 2.37. The molecule has 0 bridgehead atoms. The third-order valence-corrected chi connectivity index (χ3v) is 5.75. The van der Waals surface area contributed by atoms with Crippen LogP contribution in [0.1, 0.15) is 42.3 Å². The van der Waals surface area contributed by atoms with Crippen LogP contribution in [0, 0.1) is 0 Å². The fourth-order valence-corrected chi connectivity index (χ4v) is 4.38. The number of anilines is 1. The number of fused-ring (bicyclic) bond motifs is 1. The number of nitrogens with zero attached hydrogens (tertiary/aromatic N) is 3. The predicted octanol–water partition coefficient (Wildman–Crippen LogP) is 2.01. The van der Waals surface area contributed by atoms with Gasteiger partial charge in [0.05, 0.1) is 5.69 Å². The maximum Gasteiger partial charge on any atom is 0.185 e. The monoisotopic (exact) mass is 280 g/mol. The summed E-state index contributed by atoms with van der Waals surface area (Å²) in [5.74, 6) is 0. The van der Waals surface area contributed by atoms with Crippen molar-refractivity contribution in [3.05, 3.63) is 10.6 Å².